The number of hydrogen-bond acceptors (Lipinski definition) is 1. The van der Waals surface area contributed by atoms with Crippen LogP contribution in [0.3, 0.4) is 0 Å². The van der Waals surface area contributed by atoms with Crippen molar-refractivity contribution >= 4 is 23.2 Å². The molecule has 0 N–H and O–H groups in total. The van der Waals surface area contributed by atoms with Crippen molar-refractivity contribution in [2.45, 2.75) is 12.3 Å². The zero-order valence-electron chi connectivity index (χ0n) is 8.51. The maximum Gasteiger partial charge on any atom is 0.127 e. The summed E-state index contributed by atoms with van der Waals surface area (Å²) < 4.78 is 18.4. The maximum atomic E-state index is 13.2. The minimum atomic E-state index is -0.498. The highest BCUT2D eigenvalue weighted by molar-refractivity contribution is 6.33. The smallest absolute Gasteiger partial charge is 0.127 e. The molecule has 0 saturated carbocycles. The van der Waals surface area contributed by atoms with Crippen molar-refractivity contribution in [3.63, 3.8) is 0 Å². The first-order valence-corrected chi connectivity index (χ1v) is 5.54. The fourth-order valence-electron chi connectivity index (χ4n) is 1.46. The third kappa shape index (κ3) is 2.08. The molecule has 2 aromatic rings. The van der Waals surface area contributed by atoms with Crippen LogP contribution in [0.1, 0.15) is 22.3 Å². The molecule has 0 amide bonds. The largest absolute Gasteiger partial charge is 0.467 e. The molecule has 1 heterocycles. The molecule has 84 valence electrons. The second-order valence-corrected chi connectivity index (χ2v) is 4.34. The van der Waals surface area contributed by atoms with Gasteiger partial charge in [-0.05, 0) is 42.3 Å². The highest BCUT2D eigenvalue weighted by atomic mass is 35.5. The fourth-order valence-corrected chi connectivity index (χ4v) is 2.08. The average Bonchev–Trinajstić information content (AvgIpc) is 2.75. The summed E-state index contributed by atoms with van der Waals surface area (Å²) in [6, 6.07) is 6.41. The maximum absolute atomic E-state index is 13.2. The first-order valence-electron chi connectivity index (χ1n) is 4.72. The molecule has 0 aliphatic carbocycles. The average molecular weight is 259 g/mol. The molecule has 0 aliphatic rings. The Kier molecular flexibility index (Phi) is 3.22. The van der Waals surface area contributed by atoms with E-state index in [1.807, 2.05) is 0 Å². The molecule has 2 rings (SSSR count). The summed E-state index contributed by atoms with van der Waals surface area (Å²) in [5.74, 6) is 0.256. The Labute approximate surface area is 103 Å². The minimum Gasteiger partial charge on any atom is -0.467 e. The summed E-state index contributed by atoms with van der Waals surface area (Å²) in [6.07, 6.45) is 1.54. The van der Waals surface area contributed by atoms with Crippen LogP contribution in [0.2, 0.25) is 5.02 Å². The summed E-state index contributed by atoms with van der Waals surface area (Å²) >= 11 is 12.1. The lowest BCUT2D eigenvalue weighted by Crippen LogP contribution is -1.95. The zero-order valence-corrected chi connectivity index (χ0v) is 10.0. The predicted octanol–water partition coefficient (Wildman–Crippen LogP) is 4.71. The Balaban J connectivity index is 2.44. The Morgan fingerprint density at radius 2 is 2.12 bits per heavy atom. The fraction of sp³-hybridized carbons (Fsp3) is 0.167. The molecule has 0 radical (unpaired) electrons. The lowest BCUT2D eigenvalue weighted by Gasteiger charge is -2.10. The van der Waals surface area contributed by atoms with Gasteiger partial charge in [0, 0.05) is 5.02 Å². The Morgan fingerprint density at radius 3 is 2.75 bits per heavy atom. The normalized spacial score (nSPS) is 12.8. The molecule has 0 aliphatic heterocycles. The van der Waals surface area contributed by atoms with Crippen LogP contribution in [0, 0.1) is 12.7 Å². The second-order valence-electron chi connectivity index (χ2n) is 3.50. The molecule has 16 heavy (non-hydrogen) atoms. The van der Waals surface area contributed by atoms with Crippen LogP contribution < -0.4 is 0 Å². The first kappa shape index (κ1) is 11.5. The number of aryl methyl sites for hydroxylation is 1. The molecular weight excluding hydrogens is 250 g/mol. The van der Waals surface area contributed by atoms with Gasteiger partial charge in [0.15, 0.2) is 0 Å². The van der Waals surface area contributed by atoms with Crippen LogP contribution in [0.4, 0.5) is 4.39 Å². The molecule has 1 aromatic heterocycles. The van der Waals surface area contributed by atoms with E-state index in [-0.39, 0.29) is 5.82 Å². The van der Waals surface area contributed by atoms with Gasteiger partial charge >= 0.3 is 0 Å². The van der Waals surface area contributed by atoms with Gasteiger partial charge in [-0.15, -0.1) is 11.6 Å². The molecule has 0 fully saturated rings. The molecule has 0 saturated heterocycles. The lowest BCUT2D eigenvalue weighted by atomic mass is 10.1. The Hall–Kier alpha value is -0.990. The van der Waals surface area contributed by atoms with Gasteiger partial charge in [0.2, 0.25) is 0 Å². The van der Waals surface area contributed by atoms with Gasteiger partial charge in [-0.25, -0.2) is 4.39 Å². The molecule has 0 bridgehead atoms. The van der Waals surface area contributed by atoms with E-state index in [1.165, 1.54) is 12.3 Å². The highest BCUT2D eigenvalue weighted by Crippen LogP contribution is 2.35. The summed E-state index contributed by atoms with van der Waals surface area (Å²) in [5.41, 5.74) is 1.16. The number of benzene rings is 1. The number of alkyl halides is 1. The van der Waals surface area contributed by atoms with Crippen molar-refractivity contribution < 1.29 is 8.81 Å². The van der Waals surface area contributed by atoms with E-state index in [0.717, 1.165) is 0 Å². The molecule has 1 atom stereocenters. The summed E-state index contributed by atoms with van der Waals surface area (Å²) in [5, 5.41) is -0.193. The first-order chi connectivity index (χ1) is 7.59. The van der Waals surface area contributed by atoms with Crippen molar-refractivity contribution in [1.29, 1.82) is 0 Å². The van der Waals surface area contributed by atoms with Gasteiger partial charge in [0.25, 0.3) is 0 Å². The molecule has 1 nitrogen and oxygen atoms in total. The molecule has 4 heteroatoms. The second kappa shape index (κ2) is 4.48. The Morgan fingerprint density at radius 1 is 1.38 bits per heavy atom. The van der Waals surface area contributed by atoms with Crippen LogP contribution >= 0.6 is 23.2 Å². The quantitative estimate of drug-likeness (QED) is 0.712. The summed E-state index contributed by atoms with van der Waals surface area (Å²) in [6.45, 7) is 1.67. The van der Waals surface area contributed by atoms with Gasteiger partial charge < -0.3 is 4.42 Å². The monoisotopic (exact) mass is 258 g/mol. The van der Waals surface area contributed by atoms with Crippen LogP contribution in [-0.2, 0) is 0 Å². The van der Waals surface area contributed by atoms with Gasteiger partial charge in [-0.1, -0.05) is 11.6 Å². The van der Waals surface area contributed by atoms with E-state index in [4.69, 9.17) is 27.6 Å². The number of furan rings is 1. The van der Waals surface area contributed by atoms with E-state index in [1.54, 1.807) is 25.1 Å². The van der Waals surface area contributed by atoms with E-state index < -0.39 is 5.38 Å². The molecule has 0 spiro atoms. The van der Waals surface area contributed by atoms with Gasteiger partial charge in [-0.3, -0.25) is 0 Å². The van der Waals surface area contributed by atoms with E-state index in [2.05, 4.69) is 0 Å². The Bertz CT molecular complexity index is 494. The van der Waals surface area contributed by atoms with Gasteiger partial charge in [0.1, 0.15) is 17.0 Å². The van der Waals surface area contributed by atoms with E-state index >= 15 is 0 Å². The molecular formula is C12H9Cl2FO. The highest BCUT2D eigenvalue weighted by Gasteiger charge is 2.18. The lowest BCUT2D eigenvalue weighted by molar-refractivity contribution is 0.516. The third-order valence-electron chi connectivity index (χ3n) is 2.34. The summed E-state index contributed by atoms with van der Waals surface area (Å²) in [7, 11) is 0. The molecule has 1 aromatic carbocycles. The molecule has 1 unspecified atom stereocenters. The van der Waals surface area contributed by atoms with Crippen LogP contribution in [0.5, 0.6) is 0 Å². The zero-order chi connectivity index (χ0) is 11.7. The van der Waals surface area contributed by atoms with Crippen LogP contribution in [-0.4, -0.2) is 0 Å². The van der Waals surface area contributed by atoms with Crippen molar-refractivity contribution in [3.8, 4) is 0 Å². The number of rotatable bonds is 2. The van der Waals surface area contributed by atoms with E-state index in [9.17, 15) is 4.39 Å². The van der Waals surface area contributed by atoms with Crippen molar-refractivity contribution in [2.24, 2.45) is 0 Å². The number of hydrogen-bond donors (Lipinski definition) is 0. The number of halogens is 3. The van der Waals surface area contributed by atoms with Gasteiger partial charge in [-0.2, -0.15) is 0 Å². The predicted molar refractivity (Wildman–Crippen MR) is 62.6 cm³/mol. The third-order valence-corrected chi connectivity index (χ3v) is 3.12. The SMILES string of the molecule is Cc1cc(C(Cl)c2ccco2)c(Cl)cc1F. The van der Waals surface area contributed by atoms with Crippen molar-refractivity contribution in [3.05, 3.63) is 58.3 Å². The van der Waals surface area contributed by atoms with Crippen molar-refractivity contribution in [1.82, 2.24) is 0 Å². The minimum absolute atomic E-state index is 0.305. The van der Waals surface area contributed by atoms with Crippen LogP contribution in [0.15, 0.2) is 34.9 Å². The standard InChI is InChI=1S/C12H9Cl2FO/c1-7-5-8(9(13)6-10(7)15)12(14)11-3-2-4-16-11/h2-6,12H,1H3. The van der Waals surface area contributed by atoms with Crippen molar-refractivity contribution in [2.75, 3.05) is 0 Å². The summed E-state index contributed by atoms with van der Waals surface area (Å²) in [4.78, 5) is 0. The van der Waals surface area contributed by atoms with Gasteiger partial charge in [0.05, 0.1) is 6.26 Å². The van der Waals surface area contributed by atoms with Crippen LogP contribution in [0.25, 0.3) is 0 Å². The van der Waals surface area contributed by atoms with E-state index in [0.29, 0.717) is 21.9 Å². The topological polar surface area (TPSA) is 13.1 Å².